The molecule has 0 amide bonds. The summed E-state index contributed by atoms with van der Waals surface area (Å²) in [6, 6.07) is 0. The Hall–Kier alpha value is -1.23. The van der Waals surface area contributed by atoms with Crippen LogP contribution in [0.15, 0.2) is 6.33 Å². The maximum atomic E-state index is 13.7. The van der Waals surface area contributed by atoms with Crippen LogP contribution in [0, 0.1) is 11.7 Å². The van der Waals surface area contributed by atoms with Crippen LogP contribution in [0.1, 0.15) is 19.0 Å². The Balaban J connectivity index is 1.97. The van der Waals surface area contributed by atoms with Gasteiger partial charge in [0, 0.05) is 12.5 Å². The normalized spacial score (nSPS) is 20.0. The highest BCUT2D eigenvalue weighted by Gasteiger charge is 2.17. The van der Waals surface area contributed by atoms with Crippen LogP contribution in [0.4, 0.5) is 4.39 Å². The van der Waals surface area contributed by atoms with Gasteiger partial charge in [0.15, 0.2) is 0 Å². The first-order valence-corrected chi connectivity index (χ1v) is 5.64. The van der Waals surface area contributed by atoms with Crippen molar-refractivity contribution >= 4 is 0 Å². The minimum Gasteiger partial charge on any atom is -0.475 e. The Labute approximate surface area is 94.2 Å². The Bertz CT molecular complexity index is 353. The van der Waals surface area contributed by atoms with Gasteiger partial charge in [-0.25, -0.2) is 4.98 Å². The molecular weight excluding hydrogens is 209 g/mol. The molecule has 1 saturated heterocycles. The van der Waals surface area contributed by atoms with E-state index in [4.69, 9.17) is 4.74 Å². The molecule has 0 radical (unpaired) electrons. The third-order valence-corrected chi connectivity index (χ3v) is 2.78. The van der Waals surface area contributed by atoms with Gasteiger partial charge in [-0.1, -0.05) is 6.92 Å². The molecular formula is C11H16FN3O. The lowest BCUT2D eigenvalue weighted by Crippen LogP contribution is -2.16. The lowest BCUT2D eigenvalue weighted by molar-refractivity contribution is 0.238. The average Bonchev–Trinajstić information content (AvgIpc) is 2.81. The van der Waals surface area contributed by atoms with Crippen molar-refractivity contribution in [2.75, 3.05) is 19.7 Å². The average molecular weight is 225 g/mol. The van der Waals surface area contributed by atoms with Gasteiger partial charge in [0.25, 0.3) is 5.88 Å². The molecule has 2 heterocycles. The van der Waals surface area contributed by atoms with Crippen LogP contribution in [0.25, 0.3) is 0 Å². The fourth-order valence-electron chi connectivity index (χ4n) is 1.79. The lowest BCUT2D eigenvalue weighted by Gasteiger charge is -2.11. The van der Waals surface area contributed by atoms with Gasteiger partial charge in [-0.05, 0) is 19.4 Å². The van der Waals surface area contributed by atoms with Crippen molar-refractivity contribution in [3.63, 3.8) is 0 Å². The van der Waals surface area contributed by atoms with Gasteiger partial charge in [-0.2, -0.15) is 9.37 Å². The predicted molar refractivity (Wildman–Crippen MR) is 57.8 cm³/mol. The summed E-state index contributed by atoms with van der Waals surface area (Å²) in [6.45, 7) is 4.33. The summed E-state index contributed by atoms with van der Waals surface area (Å²) in [5, 5.41) is 3.24. The van der Waals surface area contributed by atoms with Crippen LogP contribution in [-0.4, -0.2) is 29.7 Å². The second-order valence-corrected chi connectivity index (χ2v) is 3.96. The molecule has 16 heavy (non-hydrogen) atoms. The van der Waals surface area contributed by atoms with E-state index in [1.165, 1.54) is 6.33 Å². The highest BCUT2D eigenvalue weighted by Crippen LogP contribution is 2.17. The van der Waals surface area contributed by atoms with Crippen LogP contribution in [0.2, 0.25) is 0 Å². The zero-order chi connectivity index (χ0) is 11.4. The number of ether oxygens (including phenoxy) is 1. The van der Waals surface area contributed by atoms with Crippen molar-refractivity contribution in [1.82, 2.24) is 15.3 Å². The topological polar surface area (TPSA) is 47.0 Å². The molecule has 1 aromatic rings. The maximum Gasteiger partial charge on any atom is 0.253 e. The Morgan fingerprint density at radius 1 is 1.56 bits per heavy atom. The molecule has 5 heteroatoms. The highest BCUT2D eigenvalue weighted by molar-refractivity contribution is 5.17. The molecule has 1 aromatic heterocycles. The lowest BCUT2D eigenvalue weighted by atomic mass is 10.1. The number of nitrogens with one attached hydrogen (secondary N) is 1. The van der Waals surface area contributed by atoms with E-state index in [0.29, 0.717) is 24.6 Å². The van der Waals surface area contributed by atoms with Gasteiger partial charge in [0.1, 0.15) is 6.33 Å². The zero-order valence-electron chi connectivity index (χ0n) is 9.37. The molecule has 0 aliphatic carbocycles. The Morgan fingerprint density at radius 2 is 2.44 bits per heavy atom. The monoisotopic (exact) mass is 225 g/mol. The van der Waals surface area contributed by atoms with Crippen molar-refractivity contribution in [3.05, 3.63) is 17.8 Å². The fraction of sp³-hybridized carbons (Fsp3) is 0.636. The van der Waals surface area contributed by atoms with Crippen LogP contribution >= 0.6 is 0 Å². The summed E-state index contributed by atoms with van der Waals surface area (Å²) >= 11 is 0. The molecule has 0 aromatic carbocycles. The molecule has 0 bridgehead atoms. The van der Waals surface area contributed by atoms with E-state index in [-0.39, 0.29) is 5.88 Å². The summed E-state index contributed by atoms with van der Waals surface area (Å²) in [5.74, 6) is 0.120. The molecule has 0 spiro atoms. The number of halogens is 1. The molecule has 0 saturated carbocycles. The van der Waals surface area contributed by atoms with Crippen LogP contribution in [-0.2, 0) is 6.42 Å². The predicted octanol–water partition coefficient (Wildman–Crippen LogP) is 1.17. The molecule has 2 rings (SSSR count). The first-order chi connectivity index (χ1) is 7.81. The minimum atomic E-state index is -0.420. The van der Waals surface area contributed by atoms with Crippen molar-refractivity contribution in [3.8, 4) is 5.88 Å². The highest BCUT2D eigenvalue weighted by atomic mass is 19.1. The summed E-state index contributed by atoms with van der Waals surface area (Å²) in [4.78, 5) is 7.68. The van der Waals surface area contributed by atoms with Crippen LogP contribution in [0.3, 0.4) is 0 Å². The first-order valence-electron chi connectivity index (χ1n) is 5.64. The fourth-order valence-corrected chi connectivity index (χ4v) is 1.79. The second kappa shape index (κ2) is 5.21. The van der Waals surface area contributed by atoms with Crippen LogP contribution < -0.4 is 10.1 Å². The SMILES string of the molecule is CCc1ncnc(OCC2CCNC2)c1F. The van der Waals surface area contributed by atoms with Gasteiger partial charge >= 0.3 is 0 Å². The third-order valence-electron chi connectivity index (χ3n) is 2.78. The maximum absolute atomic E-state index is 13.7. The Kier molecular flexibility index (Phi) is 3.66. The number of nitrogens with zero attached hydrogens (tertiary/aromatic N) is 2. The number of rotatable bonds is 4. The van der Waals surface area contributed by atoms with Crippen molar-refractivity contribution < 1.29 is 9.13 Å². The summed E-state index contributed by atoms with van der Waals surface area (Å²) < 4.78 is 19.1. The molecule has 1 unspecified atom stereocenters. The quantitative estimate of drug-likeness (QED) is 0.835. The largest absolute Gasteiger partial charge is 0.475 e. The van der Waals surface area contributed by atoms with Gasteiger partial charge in [-0.3, -0.25) is 0 Å². The summed E-state index contributed by atoms with van der Waals surface area (Å²) in [7, 11) is 0. The van der Waals surface area contributed by atoms with Gasteiger partial charge < -0.3 is 10.1 Å². The Morgan fingerprint density at radius 3 is 3.12 bits per heavy atom. The molecule has 1 fully saturated rings. The van der Waals surface area contributed by atoms with Crippen LogP contribution in [0.5, 0.6) is 5.88 Å². The van der Waals surface area contributed by atoms with Gasteiger partial charge in [0.05, 0.1) is 12.3 Å². The number of aryl methyl sites for hydroxylation is 1. The molecule has 88 valence electrons. The van der Waals surface area contributed by atoms with Crippen molar-refractivity contribution in [2.45, 2.75) is 19.8 Å². The van der Waals surface area contributed by atoms with E-state index in [0.717, 1.165) is 19.5 Å². The van der Waals surface area contributed by atoms with E-state index < -0.39 is 5.82 Å². The number of hydrogen-bond acceptors (Lipinski definition) is 4. The smallest absolute Gasteiger partial charge is 0.253 e. The standard InChI is InChI=1S/C11H16FN3O/c1-2-9-10(12)11(15-7-14-9)16-6-8-3-4-13-5-8/h7-8,13H,2-6H2,1H3. The minimum absolute atomic E-state index is 0.0822. The van der Waals surface area contributed by atoms with E-state index in [1.54, 1.807) is 0 Å². The molecule has 1 N–H and O–H groups in total. The van der Waals surface area contributed by atoms with E-state index in [9.17, 15) is 4.39 Å². The third kappa shape index (κ3) is 2.47. The summed E-state index contributed by atoms with van der Waals surface area (Å²) in [6.07, 6.45) is 2.98. The number of aromatic nitrogens is 2. The first kappa shape index (κ1) is 11.3. The summed E-state index contributed by atoms with van der Waals surface area (Å²) in [5.41, 5.74) is 0.412. The van der Waals surface area contributed by atoms with Gasteiger partial charge in [0.2, 0.25) is 5.82 Å². The molecule has 1 aliphatic rings. The second-order valence-electron chi connectivity index (χ2n) is 3.96. The number of hydrogen-bond donors (Lipinski definition) is 1. The molecule has 1 aliphatic heterocycles. The molecule has 1 atom stereocenters. The van der Waals surface area contributed by atoms with Crippen molar-refractivity contribution in [1.29, 1.82) is 0 Å². The van der Waals surface area contributed by atoms with Gasteiger partial charge in [-0.15, -0.1) is 0 Å². The zero-order valence-corrected chi connectivity index (χ0v) is 9.37. The van der Waals surface area contributed by atoms with E-state index in [1.807, 2.05) is 6.92 Å². The van der Waals surface area contributed by atoms with E-state index >= 15 is 0 Å². The van der Waals surface area contributed by atoms with E-state index in [2.05, 4.69) is 15.3 Å². The van der Waals surface area contributed by atoms with Crippen molar-refractivity contribution in [2.24, 2.45) is 5.92 Å². The molecule has 4 nitrogen and oxygen atoms in total.